The van der Waals surface area contributed by atoms with E-state index in [1.807, 2.05) is 6.07 Å². The number of hydrogen-bond acceptors (Lipinski definition) is 3. The monoisotopic (exact) mass is 284 g/mol. The number of rotatable bonds is 1. The first-order valence-corrected chi connectivity index (χ1v) is 6.21. The van der Waals surface area contributed by atoms with Gasteiger partial charge in [-0.2, -0.15) is 5.10 Å². The van der Waals surface area contributed by atoms with Crippen LogP contribution in [0.5, 0.6) is 0 Å². The minimum atomic E-state index is -0.0919. The van der Waals surface area contributed by atoms with Crippen LogP contribution in [0.15, 0.2) is 18.5 Å². The molecule has 0 atom stereocenters. The normalized spacial score (nSPS) is 11.8. The molecule has 0 fully saturated rings. The van der Waals surface area contributed by atoms with Crippen molar-refractivity contribution in [2.45, 2.75) is 26.2 Å². The predicted molar refractivity (Wildman–Crippen MR) is 74.5 cm³/mol. The van der Waals surface area contributed by atoms with E-state index in [0.717, 1.165) is 5.69 Å². The maximum atomic E-state index is 6.10. The number of aromatic nitrogens is 3. The molecule has 18 heavy (non-hydrogen) atoms. The second-order valence-corrected chi connectivity index (χ2v) is 5.88. The standard InChI is InChI=1S/C12H14Cl2N4/c1-12(2,3)9-4-10(15)18(17-9)11-7(13)5-16-6-8(11)14/h4-6H,15H2,1-3H3. The third-order valence-corrected chi connectivity index (χ3v) is 3.10. The lowest BCUT2D eigenvalue weighted by atomic mass is 9.92. The van der Waals surface area contributed by atoms with E-state index in [9.17, 15) is 0 Å². The third-order valence-electron chi connectivity index (χ3n) is 2.55. The van der Waals surface area contributed by atoms with Crippen LogP contribution >= 0.6 is 23.2 Å². The fourth-order valence-electron chi connectivity index (χ4n) is 1.55. The van der Waals surface area contributed by atoms with Crippen molar-refractivity contribution in [2.24, 2.45) is 0 Å². The van der Waals surface area contributed by atoms with Crippen LogP contribution in [0.1, 0.15) is 26.5 Å². The molecule has 0 aliphatic carbocycles. The fraction of sp³-hybridized carbons (Fsp3) is 0.333. The van der Waals surface area contributed by atoms with E-state index in [0.29, 0.717) is 21.6 Å². The molecular weight excluding hydrogens is 271 g/mol. The SMILES string of the molecule is CC(C)(C)c1cc(N)n(-c2c(Cl)cncc2Cl)n1. The number of halogens is 2. The molecule has 0 spiro atoms. The molecule has 6 heteroatoms. The van der Waals surface area contributed by atoms with Gasteiger partial charge < -0.3 is 5.73 Å². The minimum absolute atomic E-state index is 0.0919. The quantitative estimate of drug-likeness (QED) is 0.873. The number of hydrogen-bond donors (Lipinski definition) is 1. The fourth-order valence-corrected chi connectivity index (χ4v) is 2.07. The van der Waals surface area contributed by atoms with Crippen molar-refractivity contribution in [1.82, 2.24) is 14.8 Å². The van der Waals surface area contributed by atoms with Gasteiger partial charge in [-0.15, -0.1) is 0 Å². The topological polar surface area (TPSA) is 56.7 Å². The van der Waals surface area contributed by atoms with Gasteiger partial charge in [0.1, 0.15) is 11.5 Å². The zero-order valence-corrected chi connectivity index (χ0v) is 11.9. The van der Waals surface area contributed by atoms with Crippen LogP contribution in [0.25, 0.3) is 5.69 Å². The highest BCUT2D eigenvalue weighted by Gasteiger charge is 2.21. The smallest absolute Gasteiger partial charge is 0.127 e. The van der Waals surface area contributed by atoms with E-state index < -0.39 is 0 Å². The Balaban J connectivity index is 2.62. The maximum Gasteiger partial charge on any atom is 0.127 e. The van der Waals surface area contributed by atoms with Crippen LogP contribution in [0.3, 0.4) is 0 Å². The molecule has 0 bridgehead atoms. The molecule has 2 aromatic rings. The van der Waals surface area contributed by atoms with E-state index in [1.54, 1.807) is 4.68 Å². The second kappa shape index (κ2) is 4.44. The van der Waals surface area contributed by atoms with E-state index in [-0.39, 0.29) is 5.41 Å². The van der Waals surface area contributed by atoms with Crippen molar-refractivity contribution in [3.05, 3.63) is 34.2 Å². The summed E-state index contributed by atoms with van der Waals surface area (Å²) >= 11 is 12.2. The highest BCUT2D eigenvalue weighted by atomic mass is 35.5. The molecule has 4 nitrogen and oxygen atoms in total. The second-order valence-electron chi connectivity index (χ2n) is 5.07. The Labute approximate surface area is 116 Å². The predicted octanol–water partition coefficient (Wildman–Crippen LogP) is 3.45. The molecule has 0 amide bonds. The summed E-state index contributed by atoms with van der Waals surface area (Å²) < 4.78 is 1.55. The number of nitrogens with two attached hydrogens (primary N) is 1. The first-order valence-electron chi connectivity index (χ1n) is 5.46. The molecule has 0 saturated carbocycles. The highest BCUT2D eigenvalue weighted by molar-refractivity contribution is 6.37. The minimum Gasteiger partial charge on any atom is -0.384 e. The van der Waals surface area contributed by atoms with Crippen LogP contribution in [-0.2, 0) is 5.41 Å². The summed E-state index contributed by atoms with van der Waals surface area (Å²) in [5.74, 6) is 0.495. The molecule has 0 aliphatic heterocycles. The lowest BCUT2D eigenvalue weighted by Crippen LogP contribution is -2.12. The van der Waals surface area contributed by atoms with Crippen LogP contribution in [0, 0.1) is 0 Å². The molecule has 0 aliphatic rings. The first kappa shape index (κ1) is 13.2. The van der Waals surface area contributed by atoms with Crippen molar-refractivity contribution in [3.8, 4) is 5.69 Å². The third kappa shape index (κ3) is 2.31. The lowest BCUT2D eigenvalue weighted by molar-refractivity contribution is 0.560. The molecular formula is C12H14Cl2N4. The molecule has 0 saturated heterocycles. The lowest BCUT2D eigenvalue weighted by Gasteiger charge is -2.14. The highest BCUT2D eigenvalue weighted by Crippen LogP contribution is 2.31. The average molecular weight is 285 g/mol. The van der Waals surface area contributed by atoms with Crippen LogP contribution in [-0.4, -0.2) is 14.8 Å². The Morgan fingerprint density at radius 3 is 2.17 bits per heavy atom. The summed E-state index contributed by atoms with van der Waals surface area (Å²) in [6.45, 7) is 6.19. The molecule has 0 unspecified atom stereocenters. The van der Waals surface area contributed by atoms with E-state index >= 15 is 0 Å². The van der Waals surface area contributed by atoms with E-state index in [1.165, 1.54) is 12.4 Å². The van der Waals surface area contributed by atoms with Gasteiger partial charge in [-0.1, -0.05) is 44.0 Å². The molecule has 2 N–H and O–H groups in total. The molecule has 0 radical (unpaired) electrons. The van der Waals surface area contributed by atoms with Gasteiger partial charge in [-0.05, 0) is 0 Å². The van der Waals surface area contributed by atoms with Gasteiger partial charge in [-0.25, -0.2) is 4.68 Å². The van der Waals surface area contributed by atoms with Crippen LogP contribution in [0.4, 0.5) is 5.82 Å². The van der Waals surface area contributed by atoms with Gasteiger partial charge in [0.05, 0.1) is 15.7 Å². The van der Waals surface area contributed by atoms with Gasteiger partial charge in [0, 0.05) is 23.9 Å². The summed E-state index contributed by atoms with van der Waals surface area (Å²) in [4.78, 5) is 3.91. The number of anilines is 1. The number of nitrogens with zero attached hydrogens (tertiary/aromatic N) is 3. The largest absolute Gasteiger partial charge is 0.384 e. The number of pyridine rings is 1. The molecule has 2 rings (SSSR count). The average Bonchev–Trinajstić information content (AvgIpc) is 2.60. The Morgan fingerprint density at radius 2 is 1.72 bits per heavy atom. The Bertz CT molecular complexity index is 564. The Hall–Kier alpha value is -1.26. The van der Waals surface area contributed by atoms with Gasteiger partial charge in [-0.3, -0.25) is 4.98 Å². The molecule has 0 aromatic carbocycles. The van der Waals surface area contributed by atoms with Gasteiger partial charge in [0.2, 0.25) is 0 Å². The summed E-state index contributed by atoms with van der Waals surface area (Å²) in [6.07, 6.45) is 3.03. The van der Waals surface area contributed by atoms with Crippen molar-refractivity contribution in [1.29, 1.82) is 0 Å². The Kier molecular flexibility index (Phi) is 3.25. The van der Waals surface area contributed by atoms with E-state index in [4.69, 9.17) is 28.9 Å². The zero-order valence-electron chi connectivity index (χ0n) is 10.4. The summed E-state index contributed by atoms with van der Waals surface area (Å²) in [5.41, 5.74) is 7.31. The zero-order chi connectivity index (χ0) is 13.5. The van der Waals surface area contributed by atoms with Crippen molar-refractivity contribution >= 4 is 29.0 Å². The summed E-state index contributed by atoms with van der Waals surface area (Å²) in [5, 5.41) is 5.30. The maximum absolute atomic E-state index is 6.10. The van der Waals surface area contributed by atoms with Crippen LogP contribution in [0.2, 0.25) is 10.0 Å². The van der Waals surface area contributed by atoms with Crippen molar-refractivity contribution in [2.75, 3.05) is 5.73 Å². The first-order chi connectivity index (χ1) is 8.30. The molecule has 2 aromatic heterocycles. The Morgan fingerprint density at radius 1 is 1.17 bits per heavy atom. The molecule has 2 heterocycles. The number of nitrogen functional groups attached to an aromatic ring is 1. The van der Waals surface area contributed by atoms with Crippen molar-refractivity contribution in [3.63, 3.8) is 0 Å². The van der Waals surface area contributed by atoms with E-state index in [2.05, 4.69) is 30.9 Å². The van der Waals surface area contributed by atoms with Gasteiger partial charge >= 0.3 is 0 Å². The summed E-state index contributed by atoms with van der Waals surface area (Å²) in [6, 6.07) is 1.83. The van der Waals surface area contributed by atoms with Crippen LogP contribution < -0.4 is 5.73 Å². The molecule has 96 valence electrons. The van der Waals surface area contributed by atoms with Crippen molar-refractivity contribution < 1.29 is 0 Å². The summed E-state index contributed by atoms with van der Waals surface area (Å²) in [7, 11) is 0. The van der Waals surface area contributed by atoms with Gasteiger partial charge in [0.25, 0.3) is 0 Å². The van der Waals surface area contributed by atoms with Gasteiger partial charge in [0.15, 0.2) is 0 Å².